The second kappa shape index (κ2) is 5.24. The predicted molar refractivity (Wildman–Crippen MR) is 53.6 cm³/mol. The Bertz CT molecular complexity index is 313. The molecule has 1 amide bonds. The Kier molecular flexibility index (Phi) is 3.94. The van der Waals surface area contributed by atoms with Gasteiger partial charge in [-0.05, 0) is 6.07 Å². The fourth-order valence-corrected chi connectivity index (χ4v) is 1.09. The van der Waals surface area contributed by atoms with Gasteiger partial charge in [0.05, 0.1) is 0 Å². The van der Waals surface area contributed by atoms with E-state index in [1.54, 1.807) is 12.1 Å². The average Bonchev–Trinajstić information content (AvgIpc) is 2.15. The van der Waals surface area contributed by atoms with Gasteiger partial charge in [-0.3, -0.25) is 4.79 Å². The number of para-hydroxylation sites is 1. The number of amides is 1. The summed E-state index contributed by atoms with van der Waals surface area (Å²) >= 11 is 0. The van der Waals surface area contributed by atoms with Gasteiger partial charge in [-0.2, -0.15) is 0 Å². The van der Waals surface area contributed by atoms with Crippen molar-refractivity contribution in [3.05, 3.63) is 29.8 Å². The lowest BCUT2D eigenvalue weighted by Crippen LogP contribution is -2.21. The van der Waals surface area contributed by atoms with Crippen molar-refractivity contribution >= 4 is 5.91 Å². The molecule has 0 aliphatic carbocycles. The minimum atomic E-state index is -0.324. The molecule has 0 spiro atoms. The zero-order valence-electron chi connectivity index (χ0n) is 7.86. The third-order valence-corrected chi connectivity index (χ3v) is 1.86. The van der Waals surface area contributed by atoms with Crippen LogP contribution in [-0.2, 0) is 11.3 Å². The molecule has 0 saturated carbocycles. The monoisotopic (exact) mass is 194 g/mol. The zero-order chi connectivity index (χ0) is 10.4. The lowest BCUT2D eigenvalue weighted by molar-refractivity contribution is -0.117. The fourth-order valence-electron chi connectivity index (χ4n) is 1.09. The van der Waals surface area contributed by atoms with Crippen LogP contribution in [0.4, 0.5) is 0 Å². The van der Waals surface area contributed by atoms with Crippen molar-refractivity contribution < 1.29 is 9.90 Å². The second-order valence-corrected chi connectivity index (χ2v) is 3.02. The number of nitrogens with one attached hydrogen (secondary N) is 1. The lowest BCUT2D eigenvalue weighted by Gasteiger charge is -2.04. The number of phenolic OH excluding ortho intramolecular Hbond substituents is 1. The van der Waals surface area contributed by atoms with Crippen molar-refractivity contribution in [3.63, 3.8) is 0 Å². The summed E-state index contributed by atoms with van der Waals surface area (Å²) in [7, 11) is 0. The number of carbonyl (C=O) groups is 1. The van der Waals surface area contributed by atoms with E-state index >= 15 is 0 Å². The first-order valence-corrected chi connectivity index (χ1v) is 4.46. The van der Waals surface area contributed by atoms with Gasteiger partial charge in [-0.1, -0.05) is 18.2 Å². The van der Waals surface area contributed by atoms with Crippen LogP contribution in [0, 0.1) is 0 Å². The number of aromatic hydroxyl groups is 1. The van der Waals surface area contributed by atoms with Crippen molar-refractivity contribution in [2.75, 3.05) is 6.54 Å². The zero-order valence-corrected chi connectivity index (χ0v) is 7.86. The smallest absolute Gasteiger partial charge is 0.218 e. The van der Waals surface area contributed by atoms with E-state index < -0.39 is 0 Å². The fraction of sp³-hybridized carbons (Fsp3) is 0.300. The molecule has 0 saturated heterocycles. The van der Waals surface area contributed by atoms with Crippen LogP contribution in [0.25, 0.3) is 0 Å². The van der Waals surface area contributed by atoms with Crippen LogP contribution in [0.15, 0.2) is 24.3 Å². The molecular weight excluding hydrogens is 180 g/mol. The molecule has 1 aromatic rings. The van der Waals surface area contributed by atoms with Crippen molar-refractivity contribution in [3.8, 4) is 5.75 Å². The van der Waals surface area contributed by atoms with Crippen LogP contribution in [-0.4, -0.2) is 17.6 Å². The summed E-state index contributed by atoms with van der Waals surface area (Å²) < 4.78 is 0. The first-order chi connectivity index (χ1) is 6.70. The SMILES string of the molecule is NC(=O)CCNCc1ccccc1O. The molecule has 1 rings (SSSR count). The van der Waals surface area contributed by atoms with Gasteiger partial charge < -0.3 is 16.2 Å². The van der Waals surface area contributed by atoms with Crippen LogP contribution in [0.3, 0.4) is 0 Å². The molecule has 0 radical (unpaired) electrons. The summed E-state index contributed by atoms with van der Waals surface area (Å²) in [5.41, 5.74) is 5.79. The molecule has 0 aromatic heterocycles. The summed E-state index contributed by atoms with van der Waals surface area (Å²) in [5.74, 6) is -0.0612. The molecule has 4 heteroatoms. The summed E-state index contributed by atoms with van der Waals surface area (Å²) in [6.07, 6.45) is 0.313. The molecular formula is C10H14N2O2. The van der Waals surface area contributed by atoms with Crippen molar-refractivity contribution in [2.24, 2.45) is 5.73 Å². The minimum Gasteiger partial charge on any atom is -0.508 e. The van der Waals surface area contributed by atoms with E-state index in [4.69, 9.17) is 5.73 Å². The van der Waals surface area contributed by atoms with E-state index in [9.17, 15) is 9.90 Å². The highest BCUT2D eigenvalue weighted by molar-refractivity contribution is 5.73. The maximum absolute atomic E-state index is 10.4. The van der Waals surface area contributed by atoms with E-state index in [1.165, 1.54) is 0 Å². The summed E-state index contributed by atoms with van der Waals surface area (Å²) in [4.78, 5) is 10.4. The van der Waals surface area contributed by atoms with Crippen LogP contribution in [0.1, 0.15) is 12.0 Å². The summed E-state index contributed by atoms with van der Waals surface area (Å²) in [6.45, 7) is 1.07. The van der Waals surface area contributed by atoms with Crippen LogP contribution >= 0.6 is 0 Å². The number of benzene rings is 1. The Labute approximate surface area is 82.7 Å². The van der Waals surface area contributed by atoms with Gasteiger partial charge in [-0.25, -0.2) is 0 Å². The van der Waals surface area contributed by atoms with Gasteiger partial charge in [0.2, 0.25) is 5.91 Å². The van der Waals surface area contributed by atoms with Gasteiger partial charge in [-0.15, -0.1) is 0 Å². The third kappa shape index (κ3) is 3.45. The van der Waals surface area contributed by atoms with Gasteiger partial charge in [0, 0.05) is 25.1 Å². The maximum atomic E-state index is 10.4. The Balaban J connectivity index is 2.31. The Morgan fingerprint density at radius 2 is 2.14 bits per heavy atom. The van der Waals surface area contributed by atoms with E-state index in [2.05, 4.69) is 5.32 Å². The third-order valence-electron chi connectivity index (χ3n) is 1.86. The Hall–Kier alpha value is -1.55. The van der Waals surface area contributed by atoms with Crippen molar-refractivity contribution in [1.82, 2.24) is 5.32 Å². The van der Waals surface area contributed by atoms with Gasteiger partial charge in [0.25, 0.3) is 0 Å². The lowest BCUT2D eigenvalue weighted by atomic mass is 10.2. The summed E-state index contributed by atoms with van der Waals surface area (Å²) in [6, 6.07) is 7.07. The average molecular weight is 194 g/mol. The highest BCUT2D eigenvalue weighted by atomic mass is 16.3. The number of rotatable bonds is 5. The quantitative estimate of drug-likeness (QED) is 0.592. The molecule has 4 N–H and O–H groups in total. The number of nitrogens with two attached hydrogens (primary N) is 1. The van der Waals surface area contributed by atoms with Crippen LogP contribution < -0.4 is 11.1 Å². The van der Waals surface area contributed by atoms with E-state index in [-0.39, 0.29) is 11.7 Å². The topological polar surface area (TPSA) is 75.4 Å². The Morgan fingerprint density at radius 3 is 2.79 bits per heavy atom. The van der Waals surface area contributed by atoms with Gasteiger partial charge in [0.15, 0.2) is 0 Å². The first-order valence-electron chi connectivity index (χ1n) is 4.46. The highest BCUT2D eigenvalue weighted by Crippen LogP contribution is 2.14. The highest BCUT2D eigenvalue weighted by Gasteiger charge is 1.98. The normalized spacial score (nSPS) is 10.0. The van der Waals surface area contributed by atoms with E-state index in [0.29, 0.717) is 19.5 Å². The van der Waals surface area contributed by atoms with Crippen LogP contribution in [0.2, 0.25) is 0 Å². The van der Waals surface area contributed by atoms with E-state index in [1.807, 2.05) is 12.1 Å². The van der Waals surface area contributed by atoms with Gasteiger partial charge in [0.1, 0.15) is 5.75 Å². The molecule has 14 heavy (non-hydrogen) atoms. The van der Waals surface area contributed by atoms with Crippen molar-refractivity contribution in [2.45, 2.75) is 13.0 Å². The Morgan fingerprint density at radius 1 is 1.43 bits per heavy atom. The molecule has 4 nitrogen and oxygen atoms in total. The summed E-state index contributed by atoms with van der Waals surface area (Å²) in [5, 5.41) is 12.4. The molecule has 0 aliphatic heterocycles. The molecule has 0 heterocycles. The minimum absolute atomic E-state index is 0.263. The molecule has 0 bridgehead atoms. The molecule has 1 aromatic carbocycles. The number of phenols is 1. The van der Waals surface area contributed by atoms with Gasteiger partial charge >= 0.3 is 0 Å². The van der Waals surface area contributed by atoms with Crippen molar-refractivity contribution in [1.29, 1.82) is 0 Å². The maximum Gasteiger partial charge on any atom is 0.218 e. The van der Waals surface area contributed by atoms with Crippen LogP contribution in [0.5, 0.6) is 5.75 Å². The number of hydrogen-bond acceptors (Lipinski definition) is 3. The largest absolute Gasteiger partial charge is 0.508 e. The molecule has 0 fully saturated rings. The molecule has 0 aliphatic rings. The standard InChI is InChI=1S/C10H14N2O2/c11-10(14)5-6-12-7-8-3-1-2-4-9(8)13/h1-4,12-13H,5-7H2,(H2,11,14). The molecule has 0 atom stereocenters. The first kappa shape index (κ1) is 10.5. The predicted octanol–water partition coefficient (Wildman–Crippen LogP) is 0.357. The number of hydrogen-bond donors (Lipinski definition) is 3. The second-order valence-electron chi connectivity index (χ2n) is 3.02. The number of primary amides is 1. The number of carbonyl (C=O) groups excluding carboxylic acids is 1. The molecule has 0 unspecified atom stereocenters. The molecule has 76 valence electrons. The van der Waals surface area contributed by atoms with E-state index in [0.717, 1.165) is 5.56 Å².